The highest BCUT2D eigenvalue weighted by Crippen LogP contribution is 2.27. The van der Waals surface area contributed by atoms with Crippen molar-refractivity contribution in [3.8, 4) is 0 Å². The summed E-state index contributed by atoms with van der Waals surface area (Å²) in [6, 6.07) is 6.53. The predicted molar refractivity (Wildman–Crippen MR) is 61.8 cm³/mol. The lowest BCUT2D eigenvalue weighted by Crippen LogP contribution is -2.27. The van der Waals surface area contributed by atoms with Crippen LogP contribution >= 0.6 is 11.6 Å². The first-order valence-electron chi connectivity index (χ1n) is 4.85. The Morgan fingerprint density at radius 1 is 1.38 bits per heavy atom. The molecule has 0 fully saturated rings. The summed E-state index contributed by atoms with van der Waals surface area (Å²) in [5.41, 5.74) is -0.477. The zero-order valence-electron chi connectivity index (χ0n) is 9.16. The second kappa shape index (κ2) is 4.66. The Labute approximate surface area is 99.0 Å². The van der Waals surface area contributed by atoms with Crippen molar-refractivity contribution in [1.82, 2.24) is 0 Å². The molecule has 0 aliphatic carbocycles. The lowest BCUT2D eigenvalue weighted by atomic mass is 9.81. The highest BCUT2D eigenvalue weighted by molar-refractivity contribution is 6.31. The average molecular weight is 241 g/mol. The van der Waals surface area contributed by atoms with E-state index in [-0.39, 0.29) is 12.2 Å². The van der Waals surface area contributed by atoms with Crippen LogP contribution in [0.2, 0.25) is 5.02 Å². The molecule has 16 heavy (non-hydrogen) atoms. The van der Waals surface area contributed by atoms with Gasteiger partial charge in [0.1, 0.15) is 0 Å². The summed E-state index contributed by atoms with van der Waals surface area (Å²) in [4.78, 5) is 22.7. The van der Waals surface area contributed by atoms with Gasteiger partial charge in [-0.15, -0.1) is 0 Å². The largest absolute Gasteiger partial charge is 0.481 e. The number of hydrogen-bond acceptors (Lipinski definition) is 2. The second-order valence-corrected chi connectivity index (χ2v) is 4.73. The molecule has 0 bridgehead atoms. The zero-order valence-corrected chi connectivity index (χ0v) is 9.91. The summed E-state index contributed by atoms with van der Waals surface area (Å²) in [6.07, 6.45) is -0.196. The number of aliphatic carboxylic acids is 1. The van der Waals surface area contributed by atoms with Gasteiger partial charge >= 0.3 is 5.97 Å². The fourth-order valence-corrected chi connectivity index (χ4v) is 1.67. The van der Waals surface area contributed by atoms with E-state index in [2.05, 4.69) is 0 Å². The molecule has 1 aromatic rings. The minimum atomic E-state index is -0.986. The van der Waals surface area contributed by atoms with Crippen molar-refractivity contribution in [2.24, 2.45) is 5.41 Å². The van der Waals surface area contributed by atoms with Gasteiger partial charge in [-0.05, 0) is 12.1 Å². The summed E-state index contributed by atoms with van der Waals surface area (Å²) < 4.78 is 0. The Morgan fingerprint density at radius 2 is 2.00 bits per heavy atom. The molecule has 0 saturated carbocycles. The Morgan fingerprint density at radius 3 is 2.50 bits per heavy atom. The van der Waals surface area contributed by atoms with Crippen LogP contribution in [0.15, 0.2) is 24.3 Å². The number of ketones is 1. The van der Waals surface area contributed by atoms with Gasteiger partial charge in [-0.3, -0.25) is 9.59 Å². The highest BCUT2D eigenvalue weighted by Gasteiger charge is 2.31. The zero-order chi connectivity index (χ0) is 12.3. The molecule has 0 atom stereocenters. The van der Waals surface area contributed by atoms with Gasteiger partial charge in [0.15, 0.2) is 5.78 Å². The Balaban J connectivity index is 2.97. The lowest BCUT2D eigenvalue weighted by molar-refractivity contribution is -0.138. The number of carbonyl (C=O) groups is 2. The smallest absolute Gasteiger partial charge is 0.304 e. The van der Waals surface area contributed by atoms with E-state index in [1.54, 1.807) is 38.1 Å². The van der Waals surface area contributed by atoms with E-state index in [9.17, 15) is 9.59 Å². The Bertz CT molecular complexity index is 424. The van der Waals surface area contributed by atoms with Crippen LogP contribution in [-0.4, -0.2) is 16.9 Å². The first-order valence-corrected chi connectivity index (χ1v) is 5.23. The molecule has 0 aromatic heterocycles. The normalized spacial score (nSPS) is 11.2. The van der Waals surface area contributed by atoms with Crippen LogP contribution < -0.4 is 0 Å². The van der Waals surface area contributed by atoms with E-state index >= 15 is 0 Å². The van der Waals surface area contributed by atoms with Crippen molar-refractivity contribution in [2.75, 3.05) is 0 Å². The number of hydrogen-bond donors (Lipinski definition) is 1. The average Bonchev–Trinajstić information content (AvgIpc) is 2.14. The topological polar surface area (TPSA) is 54.4 Å². The first-order chi connectivity index (χ1) is 7.33. The van der Waals surface area contributed by atoms with Crippen LogP contribution in [0.1, 0.15) is 30.6 Å². The minimum absolute atomic E-state index is 0.196. The number of carbonyl (C=O) groups excluding carboxylic acids is 1. The van der Waals surface area contributed by atoms with E-state index in [0.717, 1.165) is 0 Å². The van der Waals surface area contributed by atoms with Crippen molar-refractivity contribution < 1.29 is 14.7 Å². The third-order valence-corrected chi connectivity index (χ3v) is 2.53. The SMILES string of the molecule is CC(C)(CC(=O)O)C(=O)c1cccc(Cl)c1. The Kier molecular flexibility index (Phi) is 3.70. The summed E-state index contributed by atoms with van der Waals surface area (Å²) in [5.74, 6) is -1.20. The number of carboxylic acid groups (broad SMARTS) is 1. The highest BCUT2D eigenvalue weighted by atomic mass is 35.5. The molecule has 4 heteroatoms. The number of halogens is 1. The monoisotopic (exact) mass is 240 g/mol. The van der Waals surface area contributed by atoms with Gasteiger partial charge in [0.05, 0.1) is 6.42 Å². The molecule has 0 amide bonds. The molecule has 0 aliphatic rings. The van der Waals surface area contributed by atoms with E-state index in [1.165, 1.54) is 0 Å². The maximum Gasteiger partial charge on any atom is 0.304 e. The molecule has 1 aromatic carbocycles. The van der Waals surface area contributed by atoms with Crippen LogP contribution in [0.3, 0.4) is 0 Å². The van der Waals surface area contributed by atoms with Gasteiger partial charge in [0.25, 0.3) is 0 Å². The van der Waals surface area contributed by atoms with Crippen LogP contribution in [0.4, 0.5) is 0 Å². The number of Topliss-reactive ketones (excluding diaryl/α,β-unsaturated/α-hetero) is 1. The van der Waals surface area contributed by atoms with Gasteiger partial charge in [0, 0.05) is 16.0 Å². The standard InChI is InChI=1S/C12H13ClO3/c1-12(2,7-10(14)15)11(16)8-4-3-5-9(13)6-8/h3-6H,7H2,1-2H3,(H,14,15). The van der Waals surface area contributed by atoms with E-state index in [4.69, 9.17) is 16.7 Å². The van der Waals surface area contributed by atoms with Gasteiger partial charge in [-0.1, -0.05) is 37.6 Å². The predicted octanol–water partition coefficient (Wildman–Crippen LogP) is 3.02. The van der Waals surface area contributed by atoms with Crippen LogP contribution in [0.25, 0.3) is 0 Å². The van der Waals surface area contributed by atoms with Gasteiger partial charge in [-0.2, -0.15) is 0 Å². The molecule has 0 heterocycles. The molecule has 86 valence electrons. The quantitative estimate of drug-likeness (QED) is 0.823. The van der Waals surface area contributed by atoms with Crippen LogP contribution in [0.5, 0.6) is 0 Å². The van der Waals surface area contributed by atoms with Crippen molar-refractivity contribution in [1.29, 1.82) is 0 Å². The number of carboxylic acids is 1. The fraction of sp³-hybridized carbons (Fsp3) is 0.333. The molecule has 0 spiro atoms. The Hall–Kier alpha value is -1.35. The van der Waals surface area contributed by atoms with Gasteiger partial charge in [0.2, 0.25) is 0 Å². The van der Waals surface area contributed by atoms with Gasteiger partial charge in [-0.25, -0.2) is 0 Å². The molecule has 3 nitrogen and oxygen atoms in total. The van der Waals surface area contributed by atoms with Crippen LogP contribution in [0, 0.1) is 5.41 Å². The molecular weight excluding hydrogens is 228 g/mol. The third-order valence-electron chi connectivity index (χ3n) is 2.29. The van der Waals surface area contributed by atoms with E-state index in [0.29, 0.717) is 10.6 Å². The van der Waals surface area contributed by atoms with Crippen LogP contribution in [-0.2, 0) is 4.79 Å². The maximum absolute atomic E-state index is 12.0. The maximum atomic E-state index is 12.0. The molecule has 0 aliphatic heterocycles. The molecule has 1 rings (SSSR count). The number of benzene rings is 1. The summed E-state index contributed by atoms with van der Waals surface area (Å²) >= 11 is 5.78. The van der Waals surface area contributed by atoms with Gasteiger partial charge < -0.3 is 5.11 Å². The molecule has 0 radical (unpaired) electrons. The van der Waals surface area contributed by atoms with Crippen molar-refractivity contribution in [3.63, 3.8) is 0 Å². The second-order valence-electron chi connectivity index (χ2n) is 4.29. The van der Waals surface area contributed by atoms with Crippen molar-refractivity contribution in [3.05, 3.63) is 34.9 Å². The summed E-state index contributed by atoms with van der Waals surface area (Å²) in [6.45, 7) is 3.23. The van der Waals surface area contributed by atoms with E-state index < -0.39 is 11.4 Å². The van der Waals surface area contributed by atoms with Crippen molar-refractivity contribution in [2.45, 2.75) is 20.3 Å². The number of rotatable bonds is 4. The molecule has 1 N–H and O–H groups in total. The summed E-state index contributed by atoms with van der Waals surface area (Å²) in [5, 5.41) is 9.19. The summed E-state index contributed by atoms with van der Waals surface area (Å²) in [7, 11) is 0. The van der Waals surface area contributed by atoms with E-state index in [1.807, 2.05) is 0 Å². The molecule has 0 unspecified atom stereocenters. The first kappa shape index (κ1) is 12.7. The molecule has 0 saturated heterocycles. The fourth-order valence-electron chi connectivity index (χ4n) is 1.48. The third kappa shape index (κ3) is 3.07. The van der Waals surface area contributed by atoms with Crippen molar-refractivity contribution >= 4 is 23.4 Å². The minimum Gasteiger partial charge on any atom is -0.481 e. The lowest BCUT2D eigenvalue weighted by Gasteiger charge is -2.20. The molecular formula is C12H13ClO3.